The molecule has 0 atom stereocenters. The van der Waals surface area contributed by atoms with E-state index in [0.717, 1.165) is 91.1 Å². The number of rotatable bonds is 14. The van der Waals surface area contributed by atoms with Gasteiger partial charge in [-0.3, -0.25) is 14.4 Å². The number of ether oxygens (including phenoxy) is 1. The Morgan fingerprint density at radius 1 is 0.317 bits per heavy atom. The Kier molecular flexibility index (Phi) is 30.1. The molecule has 1 aliphatic heterocycles. The van der Waals surface area contributed by atoms with Crippen LogP contribution in [0.25, 0.3) is 56.6 Å². The minimum absolute atomic E-state index is 0.245. The quantitative estimate of drug-likeness (QED) is 0.0631. The largest absolute Gasteiger partial charge is 0.381 e. The molecule has 0 unspecified atom stereocenters. The fraction of sp³-hybridized carbons (Fsp3) is 0.0430. The van der Waals surface area contributed by atoms with E-state index in [9.17, 15) is 0 Å². The summed E-state index contributed by atoms with van der Waals surface area (Å²) in [5, 5.41) is 10.3. The molecule has 0 radical (unpaired) electrons. The molecule has 0 amide bonds. The maximum Gasteiger partial charge on any atom is 0.327 e. The maximum absolute atomic E-state index is 6.09. The molecule has 0 fully saturated rings. The summed E-state index contributed by atoms with van der Waals surface area (Å²) in [5.41, 5.74) is 24.9. The summed E-state index contributed by atoms with van der Waals surface area (Å²) >= 11 is 16.2. The number of anilines is 12. The Morgan fingerprint density at radius 3 is 1.08 bits per heavy atom. The number of nitrogens with two attached hydrogens (primary N) is 2. The van der Waals surface area contributed by atoms with Crippen molar-refractivity contribution >= 4 is 138 Å². The van der Waals surface area contributed by atoms with Crippen LogP contribution in [0.4, 0.5) is 69.2 Å². The van der Waals surface area contributed by atoms with E-state index in [0.29, 0.717) is 35.5 Å². The van der Waals surface area contributed by atoms with Crippen molar-refractivity contribution in [3.8, 4) is 22.7 Å². The van der Waals surface area contributed by atoms with E-state index in [2.05, 4.69) is 168 Å². The molecule has 0 saturated heterocycles. The van der Waals surface area contributed by atoms with E-state index in [1.54, 1.807) is 80.7 Å². The second-order valence-electron chi connectivity index (χ2n) is 26.3. The molecule has 12 heterocycles. The highest BCUT2D eigenvalue weighted by atomic mass is 35.5. The minimum Gasteiger partial charge on any atom is -0.381 e. The minimum atomic E-state index is -0.322. The van der Waals surface area contributed by atoms with Crippen LogP contribution in [0.1, 0.15) is 6.92 Å². The molecule has 622 valence electrons. The molecule has 1 aliphatic rings. The van der Waals surface area contributed by atoms with Crippen LogP contribution in [0, 0.1) is 0 Å². The van der Waals surface area contributed by atoms with Crippen LogP contribution in [0.15, 0.2) is 391 Å². The van der Waals surface area contributed by atoms with Crippen molar-refractivity contribution in [1.82, 2.24) is 98.4 Å². The first-order valence-electron chi connectivity index (χ1n) is 39.1. The van der Waals surface area contributed by atoms with Crippen molar-refractivity contribution in [3.05, 3.63) is 407 Å². The average molecular weight is 1730 g/mol. The first-order chi connectivity index (χ1) is 62.0. The standard InChI is InChI=1S/C19H18N4O.C17H13N4.C16H14N4.C12H11N4.C11H8N4.C10H10N4.C4H2Cl2N2.C4H4ClN3/c1-2-24-19-22(15-9-5-3-6-10-15)17-18(21-14-13-20-17)23(19)16-11-7-4-8-12-16;1-3-7-14(8-4-1)20-13-21(15-9-5-2-6-10-15)17-16(20)18-11-12-19-17;1-3-7-13(8-4-1)19-15-16(18-12-11-17-15)20-14-9-5-2-6-10-14;1-15-9-16(10-5-3-2-4-6-10)12-11(15)13-7-8-14-12;1-2-4-9(5-3-1)15-8-14-10-11(15)13-7-6-12-10;11-9-10(13-7-6-12-9)14-8-4-2-1-3-5-8;2*5-3-4(6)8-2-1-7-3/h3-14,19H,2H2,1H3;1-13H;1-12H,(H,17,19)(H,18,20);2-9H,1H3;1-8H;1-7H,(H2,11,12)(H,13,14);1-2H;1-2H,(H2,6,8)/q;+1;;+1;;;;. The summed E-state index contributed by atoms with van der Waals surface area (Å²) in [7, 11) is 1.97. The third-order valence-electron chi connectivity index (χ3n) is 17.9. The number of aromatic nitrogens is 22. The number of hydrogen-bond donors (Lipinski definition) is 5. The number of fused-ring (bicyclic) bond motifs is 4. The summed E-state index contributed by atoms with van der Waals surface area (Å²) in [4.78, 5) is 74.8. The molecule has 0 bridgehead atoms. The number of nitrogen functional groups attached to an aromatic ring is 2. The zero-order valence-corrected chi connectivity index (χ0v) is 69.9. The van der Waals surface area contributed by atoms with E-state index in [-0.39, 0.29) is 27.6 Å². The maximum atomic E-state index is 6.09. The van der Waals surface area contributed by atoms with Crippen molar-refractivity contribution in [2.24, 2.45) is 7.05 Å². The molecule has 33 heteroatoms. The summed E-state index contributed by atoms with van der Waals surface area (Å²) in [5.74, 6) is 4.24. The highest BCUT2D eigenvalue weighted by Gasteiger charge is 2.41. The number of benzene rings is 9. The van der Waals surface area contributed by atoms with E-state index in [1.165, 1.54) is 24.8 Å². The topological polar surface area (TPSA) is 346 Å². The smallest absolute Gasteiger partial charge is 0.327 e. The predicted molar refractivity (Wildman–Crippen MR) is 493 cm³/mol. The van der Waals surface area contributed by atoms with Crippen molar-refractivity contribution in [3.63, 3.8) is 0 Å². The number of para-hydroxylation sites is 9. The predicted octanol–water partition coefficient (Wildman–Crippen LogP) is 18.1. The lowest BCUT2D eigenvalue weighted by molar-refractivity contribution is -0.647. The lowest BCUT2D eigenvalue weighted by Crippen LogP contribution is -2.40. The van der Waals surface area contributed by atoms with Crippen LogP contribution >= 0.6 is 34.8 Å². The summed E-state index contributed by atoms with van der Waals surface area (Å²) in [6.45, 7) is 2.58. The first-order valence-corrected chi connectivity index (χ1v) is 40.2. The Bertz CT molecular complexity index is 6430. The van der Waals surface area contributed by atoms with Gasteiger partial charge in [0.1, 0.15) is 35.8 Å². The van der Waals surface area contributed by atoms with Crippen molar-refractivity contribution in [2.45, 2.75) is 13.3 Å². The van der Waals surface area contributed by atoms with Gasteiger partial charge in [-0.2, -0.15) is 4.57 Å². The molecule has 21 rings (SSSR count). The molecule has 0 saturated carbocycles. The molecule has 7 N–H and O–H groups in total. The Balaban J connectivity index is 0.000000119. The van der Waals surface area contributed by atoms with Gasteiger partial charge in [0.2, 0.25) is 12.7 Å². The van der Waals surface area contributed by atoms with Crippen LogP contribution in [0.3, 0.4) is 0 Å². The second-order valence-corrected chi connectivity index (χ2v) is 27.4. The van der Waals surface area contributed by atoms with Crippen molar-refractivity contribution in [2.75, 3.05) is 43.8 Å². The van der Waals surface area contributed by atoms with Gasteiger partial charge in [-0.15, -0.1) is 9.97 Å². The number of nitrogens with one attached hydrogen (secondary N) is 3. The third kappa shape index (κ3) is 22.7. The summed E-state index contributed by atoms with van der Waals surface area (Å²) < 4.78 is 16.1. The molecule has 30 nitrogen and oxygen atoms in total. The van der Waals surface area contributed by atoms with Gasteiger partial charge in [-0.1, -0.05) is 199 Å². The number of imidazole rings is 3. The number of halogens is 3. The summed E-state index contributed by atoms with van der Waals surface area (Å²) in [6.07, 6.45) is 31.4. The van der Waals surface area contributed by atoms with Gasteiger partial charge in [-0.25, -0.2) is 88.5 Å². The van der Waals surface area contributed by atoms with Crippen molar-refractivity contribution in [1.29, 1.82) is 0 Å². The van der Waals surface area contributed by atoms with E-state index in [1.807, 2.05) is 265 Å². The Labute approximate surface area is 739 Å². The highest BCUT2D eigenvalue weighted by Crippen LogP contribution is 2.45. The van der Waals surface area contributed by atoms with Gasteiger partial charge < -0.3 is 32.2 Å². The van der Waals surface area contributed by atoms with E-state index in [4.69, 9.17) is 51.0 Å². The normalized spacial score (nSPS) is 11.0. The van der Waals surface area contributed by atoms with Crippen LogP contribution < -0.4 is 46.4 Å². The van der Waals surface area contributed by atoms with Crippen LogP contribution in [-0.2, 0) is 11.8 Å². The van der Waals surface area contributed by atoms with E-state index < -0.39 is 0 Å². The van der Waals surface area contributed by atoms with Gasteiger partial charge in [0.25, 0.3) is 11.3 Å². The molecule has 0 spiro atoms. The fourth-order valence-electron chi connectivity index (χ4n) is 12.3. The lowest BCUT2D eigenvalue weighted by Gasteiger charge is -2.31. The molecule has 0 aliphatic carbocycles. The molecule has 9 aromatic carbocycles. The molecule has 126 heavy (non-hydrogen) atoms. The highest BCUT2D eigenvalue weighted by molar-refractivity contribution is 6.40. The molecule has 11 aromatic heterocycles. The number of hydrogen-bond acceptors (Lipinski definition) is 25. The Hall–Kier alpha value is -16.5. The van der Waals surface area contributed by atoms with Gasteiger partial charge in [0, 0.05) is 115 Å². The van der Waals surface area contributed by atoms with Crippen molar-refractivity contribution < 1.29 is 13.9 Å². The van der Waals surface area contributed by atoms with Crippen LogP contribution in [0.2, 0.25) is 15.5 Å². The van der Waals surface area contributed by atoms with E-state index >= 15 is 0 Å². The van der Waals surface area contributed by atoms with Crippen LogP contribution in [0.5, 0.6) is 0 Å². The SMILES string of the molecule is CCOC1N(c2ccccc2)c2nccnc2N1c1ccccc1.C[n+]1cn(-c2ccccc2)c2nccnc21.Clc1nccnc1Cl.Nc1nccnc1Cl.Nc1nccnc1Nc1ccccc1.c1ccc(-n2c[n+](-c3ccccc3)c3nccnc32)cc1.c1ccc(-n2cnc3nccnc32)cc1.c1ccc(Nc2nccnc2Nc2ccccc2)cc1. The summed E-state index contributed by atoms with van der Waals surface area (Å²) in [6, 6.07) is 90.2. The van der Waals surface area contributed by atoms with Gasteiger partial charge in [-0.05, 0) is 116 Å². The number of nitrogens with zero attached hydrogens (tertiary/aromatic N) is 24. The van der Waals surface area contributed by atoms with Gasteiger partial charge in [0.15, 0.2) is 73.8 Å². The lowest BCUT2D eigenvalue weighted by atomic mass is 10.3. The zero-order chi connectivity index (χ0) is 86.9. The Morgan fingerprint density at radius 2 is 0.651 bits per heavy atom. The average Bonchev–Trinajstić information content (AvgIpc) is 1.59. The zero-order valence-electron chi connectivity index (χ0n) is 67.7. The number of aryl methyl sites for hydroxylation is 1. The van der Waals surface area contributed by atoms with Gasteiger partial charge >= 0.3 is 11.3 Å². The monoisotopic (exact) mass is 1720 g/mol. The third-order valence-corrected chi connectivity index (χ3v) is 18.9. The second kappa shape index (κ2) is 44.1. The molecular weight excluding hydrogens is 1650 g/mol. The van der Waals surface area contributed by atoms with Gasteiger partial charge in [0.05, 0.1) is 19.4 Å². The fourth-order valence-corrected chi connectivity index (χ4v) is 12.6. The van der Waals surface area contributed by atoms with Crippen LogP contribution in [-0.4, -0.2) is 111 Å². The first kappa shape index (κ1) is 85.9. The molecule has 20 aromatic rings. The molecular formula is C93H80Cl3N29O+2.